The monoisotopic (exact) mass is 285 g/mol. The highest BCUT2D eigenvalue weighted by Crippen LogP contribution is 2.29. The van der Waals surface area contributed by atoms with E-state index in [4.69, 9.17) is 15.7 Å². The van der Waals surface area contributed by atoms with E-state index in [-0.39, 0.29) is 5.84 Å². The number of hydrogen-bond acceptors (Lipinski definition) is 4. The van der Waals surface area contributed by atoms with Crippen molar-refractivity contribution in [1.82, 2.24) is 0 Å². The molecule has 5 heteroatoms. The minimum absolute atomic E-state index is 0.0917. The van der Waals surface area contributed by atoms with E-state index >= 15 is 0 Å². The van der Waals surface area contributed by atoms with Gasteiger partial charge in [0.05, 0.1) is 12.8 Å². The second-order valence-electron chi connectivity index (χ2n) is 4.76. The molecule has 0 amide bonds. The third-order valence-corrected chi connectivity index (χ3v) is 3.36. The number of ether oxygens (including phenoxy) is 1. The van der Waals surface area contributed by atoms with Gasteiger partial charge in [0.25, 0.3) is 0 Å². The molecule has 2 rings (SSSR count). The van der Waals surface area contributed by atoms with Gasteiger partial charge >= 0.3 is 0 Å². The van der Waals surface area contributed by atoms with Gasteiger partial charge in [-0.15, -0.1) is 0 Å². The summed E-state index contributed by atoms with van der Waals surface area (Å²) in [6.07, 6.45) is 0. The molecule has 0 bridgehead atoms. The van der Waals surface area contributed by atoms with Crippen LogP contribution in [0.25, 0.3) is 0 Å². The number of nitrogens with zero attached hydrogens (tertiary/aromatic N) is 2. The zero-order valence-corrected chi connectivity index (χ0v) is 12.4. The molecule has 0 aromatic heterocycles. The van der Waals surface area contributed by atoms with Crippen molar-refractivity contribution in [2.45, 2.75) is 6.92 Å². The third-order valence-electron chi connectivity index (χ3n) is 3.36. The number of hydrogen-bond donors (Lipinski definition) is 2. The van der Waals surface area contributed by atoms with E-state index in [1.165, 1.54) is 0 Å². The molecule has 0 saturated heterocycles. The van der Waals surface area contributed by atoms with E-state index in [0.29, 0.717) is 5.56 Å². The molecule has 0 aliphatic carbocycles. The summed E-state index contributed by atoms with van der Waals surface area (Å²) in [5.74, 6) is 0.891. The molecule has 0 aliphatic rings. The first-order chi connectivity index (χ1) is 10.1. The van der Waals surface area contributed by atoms with E-state index in [2.05, 4.69) is 5.16 Å². The fourth-order valence-electron chi connectivity index (χ4n) is 2.15. The predicted octanol–water partition coefficient (Wildman–Crippen LogP) is 2.87. The van der Waals surface area contributed by atoms with E-state index < -0.39 is 0 Å². The van der Waals surface area contributed by atoms with Crippen LogP contribution in [0.2, 0.25) is 0 Å². The Labute approximate surface area is 124 Å². The lowest BCUT2D eigenvalue weighted by molar-refractivity contribution is 0.318. The summed E-state index contributed by atoms with van der Waals surface area (Å²) in [5, 5.41) is 12.1. The summed E-state index contributed by atoms with van der Waals surface area (Å²) >= 11 is 0. The van der Waals surface area contributed by atoms with Crippen molar-refractivity contribution in [2.75, 3.05) is 19.1 Å². The molecule has 0 heterocycles. The van der Waals surface area contributed by atoms with Crippen molar-refractivity contribution in [3.05, 3.63) is 53.6 Å². The Morgan fingerprint density at radius 1 is 1.19 bits per heavy atom. The Morgan fingerprint density at radius 3 is 2.43 bits per heavy atom. The van der Waals surface area contributed by atoms with Gasteiger partial charge in [0.15, 0.2) is 5.84 Å². The second-order valence-corrected chi connectivity index (χ2v) is 4.76. The van der Waals surface area contributed by atoms with Gasteiger partial charge in [0.1, 0.15) is 5.75 Å². The Hall–Kier alpha value is -2.69. The molecule has 5 nitrogen and oxygen atoms in total. The molecule has 0 spiro atoms. The van der Waals surface area contributed by atoms with Crippen LogP contribution in [0.3, 0.4) is 0 Å². The van der Waals surface area contributed by atoms with Crippen molar-refractivity contribution in [1.29, 1.82) is 0 Å². The van der Waals surface area contributed by atoms with Crippen LogP contribution in [0, 0.1) is 6.92 Å². The Kier molecular flexibility index (Phi) is 4.33. The molecule has 0 saturated carbocycles. The molecule has 0 atom stereocenters. The molecule has 0 fully saturated rings. The Morgan fingerprint density at radius 2 is 1.86 bits per heavy atom. The number of amidine groups is 1. The molecule has 21 heavy (non-hydrogen) atoms. The Bertz CT molecular complexity index is 651. The van der Waals surface area contributed by atoms with Crippen molar-refractivity contribution in [3.8, 4) is 5.75 Å². The molecule has 2 aromatic carbocycles. The summed E-state index contributed by atoms with van der Waals surface area (Å²) in [4.78, 5) is 1.98. The predicted molar refractivity (Wildman–Crippen MR) is 84.7 cm³/mol. The van der Waals surface area contributed by atoms with E-state index in [0.717, 1.165) is 22.7 Å². The second kappa shape index (κ2) is 6.17. The third kappa shape index (κ3) is 3.08. The van der Waals surface area contributed by atoms with E-state index in [1.54, 1.807) is 7.11 Å². The number of methoxy groups -OCH3 is 1. The zero-order valence-electron chi connectivity index (χ0n) is 12.4. The average Bonchev–Trinajstić information content (AvgIpc) is 2.53. The van der Waals surface area contributed by atoms with Gasteiger partial charge in [-0.1, -0.05) is 16.8 Å². The van der Waals surface area contributed by atoms with Crippen LogP contribution in [0.4, 0.5) is 11.4 Å². The summed E-state index contributed by atoms with van der Waals surface area (Å²) < 4.78 is 5.16. The lowest BCUT2D eigenvalue weighted by Crippen LogP contribution is -2.19. The largest absolute Gasteiger partial charge is 0.497 e. The molecular formula is C16H19N3O2. The zero-order chi connectivity index (χ0) is 15.4. The molecular weight excluding hydrogens is 266 g/mol. The maximum Gasteiger partial charge on any atom is 0.172 e. The first-order valence-corrected chi connectivity index (χ1v) is 6.53. The molecule has 0 aliphatic heterocycles. The van der Waals surface area contributed by atoms with Gasteiger partial charge in [0.2, 0.25) is 0 Å². The van der Waals surface area contributed by atoms with Crippen molar-refractivity contribution in [2.24, 2.45) is 10.9 Å². The van der Waals surface area contributed by atoms with Crippen LogP contribution < -0.4 is 15.4 Å². The Balaban J connectivity index is 2.44. The van der Waals surface area contributed by atoms with Crippen LogP contribution in [0.15, 0.2) is 47.6 Å². The lowest BCUT2D eigenvalue weighted by Gasteiger charge is -2.23. The molecule has 110 valence electrons. The molecule has 3 N–H and O–H groups in total. The average molecular weight is 285 g/mol. The van der Waals surface area contributed by atoms with Gasteiger partial charge in [-0.3, -0.25) is 0 Å². The SMILES string of the molecule is COc1ccc(N(C)c2ccc(C)cc2/C(N)=N/O)cc1. The highest BCUT2D eigenvalue weighted by Gasteiger charge is 2.13. The van der Waals surface area contributed by atoms with Crippen LogP contribution >= 0.6 is 0 Å². The van der Waals surface area contributed by atoms with Gasteiger partial charge in [-0.25, -0.2) is 0 Å². The number of anilines is 2. The number of rotatable bonds is 4. The number of oxime groups is 1. The summed E-state index contributed by atoms with van der Waals surface area (Å²) in [6.45, 7) is 1.96. The maximum absolute atomic E-state index is 8.95. The van der Waals surface area contributed by atoms with Crippen molar-refractivity contribution < 1.29 is 9.94 Å². The van der Waals surface area contributed by atoms with Crippen LogP contribution in [0.5, 0.6) is 5.75 Å². The lowest BCUT2D eigenvalue weighted by atomic mass is 10.1. The summed E-state index contributed by atoms with van der Waals surface area (Å²) in [6, 6.07) is 13.5. The minimum atomic E-state index is 0.0917. The molecule has 2 aromatic rings. The summed E-state index contributed by atoms with van der Waals surface area (Å²) in [7, 11) is 3.57. The van der Waals surface area contributed by atoms with Crippen molar-refractivity contribution >= 4 is 17.2 Å². The normalized spacial score (nSPS) is 11.3. The highest BCUT2D eigenvalue weighted by molar-refractivity contribution is 6.03. The standard InChI is InChI=1S/C16H19N3O2/c1-11-4-9-15(14(10-11)16(17)18-20)19(2)12-5-7-13(21-3)8-6-12/h4-10,20H,1-3H3,(H2,17,18). The smallest absolute Gasteiger partial charge is 0.172 e. The van der Waals surface area contributed by atoms with Gasteiger partial charge < -0.3 is 20.6 Å². The van der Waals surface area contributed by atoms with E-state index in [9.17, 15) is 0 Å². The molecule has 0 radical (unpaired) electrons. The highest BCUT2D eigenvalue weighted by atomic mass is 16.5. The fourth-order valence-corrected chi connectivity index (χ4v) is 2.15. The quantitative estimate of drug-likeness (QED) is 0.392. The van der Waals surface area contributed by atoms with E-state index in [1.807, 2.05) is 61.3 Å². The van der Waals surface area contributed by atoms with Gasteiger partial charge in [-0.2, -0.15) is 0 Å². The number of nitrogens with two attached hydrogens (primary N) is 1. The van der Waals surface area contributed by atoms with Crippen LogP contribution in [-0.4, -0.2) is 25.2 Å². The van der Waals surface area contributed by atoms with Gasteiger partial charge in [-0.05, 0) is 43.3 Å². The fraction of sp³-hybridized carbons (Fsp3) is 0.188. The number of aryl methyl sites for hydroxylation is 1. The maximum atomic E-state index is 8.95. The van der Waals surface area contributed by atoms with Crippen molar-refractivity contribution in [3.63, 3.8) is 0 Å². The first-order valence-electron chi connectivity index (χ1n) is 6.53. The summed E-state index contributed by atoms with van der Waals surface area (Å²) in [5.41, 5.74) is 9.35. The molecule has 0 unspecified atom stereocenters. The first kappa shape index (κ1) is 14.7. The topological polar surface area (TPSA) is 71.1 Å². The minimum Gasteiger partial charge on any atom is -0.497 e. The number of benzene rings is 2. The van der Waals surface area contributed by atoms with Gasteiger partial charge in [0, 0.05) is 18.3 Å². The van der Waals surface area contributed by atoms with Crippen LogP contribution in [0.1, 0.15) is 11.1 Å². The van der Waals surface area contributed by atoms with Crippen LogP contribution in [-0.2, 0) is 0 Å².